The summed E-state index contributed by atoms with van der Waals surface area (Å²) in [4.78, 5) is 0. The molecule has 1 aromatic heterocycles. The summed E-state index contributed by atoms with van der Waals surface area (Å²) >= 11 is 0. The smallest absolute Gasteiger partial charge is 0.121 e. The molecular weight excluding hydrogens is 324 g/mol. The van der Waals surface area contributed by atoms with E-state index in [4.69, 9.17) is 9.47 Å². The number of hydrogen-bond donors (Lipinski definition) is 1. The van der Waals surface area contributed by atoms with Crippen molar-refractivity contribution in [1.82, 2.24) is 9.88 Å². The maximum absolute atomic E-state index is 6.34. The number of methoxy groups -OCH3 is 1. The number of nitrogens with one attached hydrogen (secondary N) is 1. The molecule has 4 nitrogen and oxygen atoms in total. The van der Waals surface area contributed by atoms with Crippen molar-refractivity contribution < 1.29 is 9.47 Å². The Kier molecular flexibility index (Phi) is 3.86. The molecule has 0 spiro atoms. The minimum absolute atomic E-state index is 0.161. The van der Waals surface area contributed by atoms with Crippen molar-refractivity contribution in [2.24, 2.45) is 0 Å². The lowest BCUT2D eigenvalue weighted by Crippen LogP contribution is -2.30. The zero-order valence-electron chi connectivity index (χ0n) is 15.1. The Hall–Kier alpha value is -2.46. The molecule has 2 aliphatic heterocycles. The molecule has 0 saturated heterocycles. The predicted octanol–water partition coefficient (Wildman–Crippen LogP) is 3.34. The third-order valence-electron chi connectivity index (χ3n) is 5.68. The van der Waals surface area contributed by atoms with Gasteiger partial charge in [0.1, 0.15) is 17.6 Å². The summed E-state index contributed by atoms with van der Waals surface area (Å²) in [5, 5.41) is 4.98. The maximum Gasteiger partial charge on any atom is 0.121 e. The van der Waals surface area contributed by atoms with Crippen molar-refractivity contribution in [2.45, 2.75) is 31.9 Å². The first-order valence-corrected chi connectivity index (χ1v) is 9.47. The molecule has 0 amide bonds. The first-order valence-electron chi connectivity index (χ1n) is 9.47. The molecule has 3 heterocycles. The topological polar surface area (TPSA) is 35.4 Å². The van der Waals surface area contributed by atoms with Gasteiger partial charge in [-0.25, -0.2) is 0 Å². The summed E-state index contributed by atoms with van der Waals surface area (Å²) in [6.45, 7) is 3.06. The van der Waals surface area contributed by atoms with Crippen LogP contribution in [0.2, 0.25) is 0 Å². The van der Waals surface area contributed by atoms with Crippen LogP contribution in [0.4, 0.5) is 0 Å². The van der Waals surface area contributed by atoms with Crippen molar-refractivity contribution in [1.29, 1.82) is 0 Å². The van der Waals surface area contributed by atoms with Crippen LogP contribution in [0.5, 0.6) is 11.5 Å². The molecular formula is C22H24N2O2. The number of benzene rings is 2. The summed E-state index contributed by atoms with van der Waals surface area (Å²) in [5.41, 5.74) is 5.89. The average molecular weight is 348 g/mol. The van der Waals surface area contributed by atoms with Gasteiger partial charge in [0.25, 0.3) is 0 Å². The Labute approximate surface area is 153 Å². The lowest BCUT2D eigenvalue weighted by molar-refractivity contribution is 0.176. The third kappa shape index (κ3) is 2.56. The van der Waals surface area contributed by atoms with Crippen LogP contribution in [0.3, 0.4) is 0 Å². The number of ether oxygens (including phenoxy) is 2. The average Bonchev–Trinajstić information content (AvgIpc) is 2.84. The van der Waals surface area contributed by atoms with Crippen LogP contribution in [0, 0.1) is 0 Å². The number of para-hydroxylation sites is 1. The Morgan fingerprint density at radius 3 is 2.65 bits per heavy atom. The molecule has 4 heteroatoms. The summed E-state index contributed by atoms with van der Waals surface area (Å²) in [5.74, 6) is 1.77. The standard InChI is InChI=1S/C22H24N2O2/c1-25-16-5-7-17(8-6-16)26-18-13-15-3-2-4-20-19-9-11-23-12-10-21(19)24(14-18)22(15)20/h2-8,18,23H,9-14H2,1H3. The highest BCUT2D eigenvalue weighted by Crippen LogP contribution is 2.35. The highest BCUT2D eigenvalue weighted by Gasteiger charge is 2.27. The molecule has 0 bridgehead atoms. The fraction of sp³-hybridized carbons (Fsp3) is 0.364. The van der Waals surface area contributed by atoms with Crippen LogP contribution in [-0.2, 0) is 25.8 Å². The van der Waals surface area contributed by atoms with Crippen LogP contribution in [0.15, 0.2) is 42.5 Å². The Morgan fingerprint density at radius 1 is 1.00 bits per heavy atom. The first-order chi connectivity index (χ1) is 12.8. The van der Waals surface area contributed by atoms with Gasteiger partial charge >= 0.3 is 0 Å². The maximum atomic E-state index is 6.34. The van der Waals surface area contributed by atoms with E-state index in [2.05, 4.69) is 28.1 Å². The SMILES string of the molecule is COc1ccc(OC2Cc3cccc4c5c(n(c34)C2)CCNCC5)cc1. The van der Waals surface area contributed by atoms with E-state index >= 15 is 0 Å². The van der Waals surface area contributed by atoms with Gasteiger partial charge in [-0.1, -0.05) is 18.2 Å². The molecule has 0 saturated carbocycles. The molecule has 3 aromatic rings. The molecule has 0 fully saturated rings. The van der Waals surface area contributed by atoms with E-state index in [0.29, 0.717) is 0 Å². The second-order valence-corrected chi connectivity index (χ2v) is 7.22. The van der Waals surface area contributed by atoms with Gasteiger partial charge in [-0.3, -0.25) is 0 Å². The quantitative estimate of drug-likeness (QED) is 0.788. The summed E-state index contributed by atoms with van der Waals surface area (Å²) in [6.07, 6.45) is 3.34. The Morgan fingerprint density at radius 2 is 1.81 bits per heavy atom. The molecule has 1 N–H and O–H groups in total. The zero-order valence-corrected chi connectivity index (χ0v) is 15.1. The first kappa shape index (κ1) is 15.8. The summed E-state index contributed by atoms with van der Waals surface area (Å²) in [6, 6.07) is 14.7. The van der Waals surface area contributed by atoms with Gasteiger partial charge in [0.15, 0.2) is 0 Å². The fourth-order valence-electron chi connectivity index (χ4n) is 4.52. The van der Waals surface area contributed by atoms with Crippen molar-refractivity contribution >= 4 is 10.9 Å². The van der Waals surface area contributed by atoms with E-state index in [-0.39, 0.29) is 6.10 Å². The molecule has 5 rings (SSSR count). The largest absolute Gasteiger partial charge is 0.497 e. The van der Waals surface area contributed by atoms with Crippen LogP contribution < -0.4 is 14.8 Å². The summed E-state index contributed by atoms with van der Waals surface area (Å²) in [7, 11) is 1.69. The van der Waals surface area contributed by atoms with Crippen molar-refractivity contribution in [3.05, 3.63) is 59.3 Å². The molecule has 0 aliphatic carbocycles. The lowest BCUT2D eigenvalue weighted by Gasteiger charge is -2.27. The minimum Gasteiger partial charge on any atom is -0.497 e. The summed E-state index contributed by atoms with van der Waals surface area (Å²) < 4.78 is 14.1. The highest BCUT2D eigenvalue weighted by atomic mass is 16.5. The van der Waals surface area contributed by atoms with Crippen LogP contribution in [-0.4, -0.2) is 30.9 Å². The normalized spacial score (nSPS) is 19.0. The van der Waals surface area contributed by atoms with E-state index in [1.807, 2.05) is 24.3 Å². The van der Waals surface area contributed by atoms with E-state index in [1.54, 1.807) is 7.11 Å². The van der Waals surface area contributed by atoms with Gasteiger partial charge in [-0.15, -0.1) is 0 Å². The lowest BCUT2D eigenvalue weighted by atomic mass is 10.00. The van der Waals surface area contributed by atoms with Gasteiger partial charge in [0.05, 0.1) is 19.2 Å². The molecule has 134 valence electrons. The van der Waals surface area contributed by atoms with Gasteiger partial charge < -0.3 is 19.4 Å². The van der Waals surface area contributed by atoms with E-state index in [1.165, 1.54) is 27.7 Å². The van der Waals surface area contributed by atoms with E-state index < -0.39 is 0 Å². The van der Waals surface area contributed by atoms with Gasteiger partial charge in [-0.05, 0) is 48.4 Å². The third-order valence-corrected chi connectivity index (χ3v) is 5.68. The Bertz CT molecular complexity index is 943. The molecule has 1 unspecified atom stereocenters. The molecule has 2 aliphatic rings. The number of aromatic nitrogens is 1. The molecule has 1 atom stereocenters. The second kappa shape index (κ2) is 6.36. The number of hydrogen-bond acceptors (Lipinski definition) is 3. The minimum atomic E-state index is 0.161. The fourth-order valence-corrected chi connectivity index (χ4v) is 4.52. The molecule has 26 heavy (non-hydrogen) atoms. The van der Waals surface area contributed by atoms with Gasteiger partial charge in [0, 0.05) is 30.5 Å². The molecule has 0 radical (unpaired) electrons. The second-order valence-electron chi connectivity index (χ2n) is 7.22. The van der Waals surface area contributed by atoms with Crippen molar-refractivity contribution in [3.63, 3.8) is 0 Å². The monoisotopic (exact) mass is 348 g/mol. The van der Waals surface area contributed by atoms with E-state index in [9.17, 15) is 0 Å². The number of nitrogens with zero attached hydrogens (tertiary/aromatic N) is 1. The van der Waals surface area contributed by atoms with Crippen molar-refractivity contribution in [3.8, 4) is 11.5 Å². The van der Waals surface area contributed by atoms with Crippen LogP contribution in [0.25, 0.3) is 10.9 Å². The van der Waals surface area contributed by atoms with Crippen LogP contribution >= 0.6 is 0 Å². The van der Waals surface area contributed by atoms with Gasteiger partial charge in [-0.2, -0.15) is 0 Å². The highest BCUT2D eigenvalue weighted by molar-refractivity contribution is 5.89. The number of rotatable bonds is 3. The zero-order chi connectivity index (χ0) is 17.5. The van der Waals surface area contributed by atoms with Gasteiger partial charge in [0.2, 0.25) is 0 Å². The Balaban J connectivity index is 1.50. The predicted molar refractivity (Wildman–Crippen MR) is 103 cm³/mol. The number of fused-ring (bicyclic) bond motifs is 3. The van der Waals surface area contributed by atoms with E-state index in [0.717, 1.165) is 50.4 Å². The van der Waals surface area contributed by atoms with Crippen LogP contribution in [0.1, 0.15) is 16.8 Å². The molecule has 2 aromatic carbocycles. The van der Waals surface area contributed by atoms with Crippen molar-refractivity contribution in [2.75, 3.05) is 20.2 Å².